The average molecular weight is 339 g/mol. The highest BCUT2D eigenvalue weighted by molar-refractivity contribution is 5.89. The van der Waals surface area contributed by atoms with Gasteiger partial charge in [-0.2, -0.15) is 0 Å². The minimum Gasteiger partial charge on any atom is -0.478 e. The summed E-state index contributed by atoms with van der Waals surface area (Å²) in [4.78, 5) is 29.6. The molecule has 1 aliphatic heterocycles. The number of amides is 2. The second kappa shape index (κ2) is 7.79. The molecule has 6 heteroatoms. The topological polar surface area (TPSA) is 82.5 Å². The van der Waals surface area contributed by atoms with Gasteiger partial charge in [0.05, 0.1) is 12.1 Å². The Morgan fingerprint density at radius 1 is 1.20 bits per heavy atom. The second-order valence-electron chi connectivity index (χ2n) is 6.08. The van der Waals surface area contributed by atoms with Gasteiger partial charge < -0.3 is 15.3 Å². The van der Waals surface area contributed by atoms with Crippen LogP contribution < -0.4 is 5.32 Å². The number of carboxylic acid groups (broad SMARTS) is 1. The van der Waals surface area contributed by atoms with Crippen molar-refractivity contribution in [2.24, 2.45) is 0 Å². The first-order valence-corrected chi connectivity index (χ1v) is 8.42. The van der Waals surface area contributed by atoms with Crippen LogP contribution in [0, 0.1) is 0 Å². The predicted molar refractivity (Wildman–Crippen MR) is 93.5 cm³/mol. The van der Waals surface area contributed by atoms with E-state index < -0.39 is 5.97 Å². The van der Waals surface area contributed by atoms with Gasteiger partial charge in [0, 0.05) is 37.0 Å². The number of rotatable bonds is 5. The van der Waals surface area contributed by atoms with Crippen LogP contribution in [0.3, 0.4) is 0 Å². The van der Waals surface area contributed by atoms with Crippen molar-refractivity contribution in [2.75, 3.05) is 13.1 Å². The number of fused-ring (bicyclic) bond motifs is 1. The van der Waals surface area contributed by atoms with Gasteiger partial charge in [0.2, 0.25) is 0 Å². The van der Waals surface area contributed by atoms with Gasteiger partial charge in [0.15, 0.2) is 0 Å². The van der Waals surface area contributed by atoms with Crippen molar-refractivity contribution in [3.05, 3.63) is 65.0 Å². The van der Waals surface area contributed by atoms with Gasteiger partial charge in [-0.25, -0.2) is 9.59 Å². The zero-order valence-corrected chi connectivity index (χ0v) is 13.9. The normalized spacial score (nSPS) is 13.2. The zero-order chi connectivity index (χ0) is 17.6. The lowest BCUT2D eigenvalue weighted by Crippen LogP contribution is -2.43. The number of aromatic nitrogens is 1. The minimum atomic E-state index is -0.983. The molecule has 2 amide bonds. The summed E-state index contributed by atoms with van der Waals surface area (Å²) in [6.07, 6.45) is 3.87. The third kappa shape index (κ3) is 4.15. The average Bonchev–Trinajstić information content (AvgIpc) is 2.64. The molecule has 2 aromatic rings. The highest BCUT2D eigenvalue weighted by atomic mass is 16.4. The van der Waals surface area contributed by atoms with E-state index in [0.29, 0.717) is 25.1 Å². The fourth-order valence-electron chi connectivity index (χ4n) is 3.06. The molecule has 0 spiro atoms. The fraction of sp³-hybridized carbons (Fsp3) is 0.316. The molecule has 3 rings (SSSR count). The van der Waals surface area contributed by atoms with Crippen molar-refractivity contribution in [2.45, 2.75) is 25.8 Å². The number of aryl methyl sites for hydroxylation is 1. The maximum absolute atomic E-state index is 12.3. The molecular formula is C19H21N3O3. The summed E-state index contributed by atoms with van der Waals surface area (Å²) in [5, 5.41) is 12.2. The van der Waals surface area contributed by atoms with Crippen molar-refractivity contribution >= 4 is 12.0 Å². The first kappa shape index (κ1) is 17.0. The molecular weight excluding hydrogens is 318 g/mol. The van der Waals surface area contributed by atoms with Crippen LogP contribution in [-0.4, -0.2) is 40.1 Å². The van der Waals surface area contributed by atoms with Crippen molar-refractivity contribution in [1.29, 1.82) is 0 Å². The van der Waals surface area contributed by atoms with Crippen LogP contribution in [0.25, 0.3) is 0 Å². The molecule has 0 radical (unpaired) electrons. The zero-order valence-electron chi connectivity index (χ0n) is 13.9. The third-order valence-corrected chi connectivity index (χ3v) is 4.39. The lowest BCUT2D eigenvalue weighted by atomic mass is 10.0. The molecule has 2 N–H and O–H groups in total. The van der Waals surface area contributed by atoms with E-state index in [-0.39, 0.29) is 18.1 Å². The minimum absolute atomic E-state index is 0.154. The Hall–Kier alpha value is -2.89. The van der Waals surface area contributed by atoms with E-state index in [1.165, 1.54) is 17.8 Å². The van der Waals surface area contributed by atoms with Crippen LogP contribution in [0.4, 0.5) is 4.79 Å². The smallest absolute Gasteiger partial charge is 0.336 e. The van der Waals surface area contributed by atoms with Crippen LogP contribution in [0.1, 0.15) is 33.6 Å². The maximum atomic E-state index is 12.3. The molecule has 6 nitrogen and oxygen atoms in total. The molecule has 1 aliphatic rings. The van der Waals surface area contributed by atoms with Gasteiger partial charge in [0.1, 0.15) is 0 Å². The number of carbonyl (C=O) groups is 2. The Morgan fingerprint density at radius 3 is 2.76 bits per heavy atom. The van der Waals surface area contributed by atoms with Gasteiger partial charge in [-0.15, -0.1) is 0 Å². The maximum Gasteiger partial charge on any atom is 0.336 e. The Labute approximate surface area is 146 Å². The Balaban J connectivity index is 1.53. The quantitative estimate of drug-likeness (QED) is 0.820. The summed E-state index contributed by atoms with van der Waals surface area (Å²) in [5.41, 5.74) is 2.89. The second-order valence-corrected chi connectivity index (χ2v) is 6.08. The molecule has 0 saturated carbocycles. The summed E-state index contributed by atoms with van der Waals surface area (Å²) < 4.78 is 0. The molecule has 0 atom stereocenters. The molecule has 25 heavy (non-hydrogen) atoms. The molecule has 2 heterocycles. The summed E-state index contributed by atoms with van der Waals surface area (Å²) in [6, 6.07) is 11.5. The molecule has 1 aromatic heterocycles. The van der Waals surface area contributed by atoms with Crippen molar-refractivity contribution in [3.63, 3.8) is 0 Å². The van der Waals surface area contributed by atoms with Crippen molar-refractivity contribution in [3.8, 4) is 0 Å². The summed E-state index contributed by atoms with van der Waals surface area (Å²) >= 11 is 0. The first-order valence-electron chi connectivity index (χ1n) is 8.42. The molecule has 130 valence electrons. The highest BCUT2D eigenvalue weighted by Gasteiger charge is 2.25. The van der Waals surface area contributed by atoms with E-state index in [4.69, 9.17) is 0 Å². The Kier molecular flexibility index (Phi) is 5.28. The monoisotopic (exact) mass is 339 g/mol. The number of carboxylic acids is 1. The standard InChI is InChI=1S/C19H21N3O3/c23-18(24)15-8-11-20-17-9-12-22(13-16(15)17)19(25)21-10-4-7-14-5-2-1-3-6-14/h1-3,5-6,8,11H,4,7,9-10,12-13H2,(H,21,25)(H,23,24). The highest BCUT2D eigenvalue weighted by Crippen LogP contribution is 2.21. The van der Waals surface area contributed by atoms with Gasteiger partial charge in [-0.3, -0.25) is 4.98 Å². The van der Waals surface area contributed by atoms with Crippen molar-refractivity contribution in [1.82, 2.24) is 15.2 Å². The van der Waals surface area contributed by atoms with Gasteiger partial charge in [0.25, 0.3) is 0 Å². The number of pyridine rings is 1. The Bertz CT molecular complexity index is 762. The number of urea groups is 1. The van der Waals surface area contributed by atoms with E-state index in [1.807, 2.05) is 18.2 Å². The molecule has 0 saturated heterocycles. The van der Waals surface area contributed by atoms with Crippen molar-refractivity contribution < 1.29 is 14.7 Å². The fourth-order valence-corrected chi connectivity index (χ4v) is 3.06. The van der Waals surface area contributed by atoms with Crippen LogP contribution in [0.5, 0.6) is 0 Å². The summed E-state index contributed by atoms with van der Waals surface area (Å²) in [6.45, 7) is 1.43. The number of aromatic carboxylic acids is 1. The van der Waals surface area contributed by atoms with Gasteiger partial charge in [-0.1, -0.05) is 30.3 Å². The summed E-state index contributed by atoms with van der Waals surface area (Å²) in [7, 11) is 0. The molecule has 1 aromatic carbocycles. The van der Waals surface area contributed by atoms with E-state index in [2.05, 4.69) is 22.4 Å². The number of nitrogens with zero attached hydrogens (tertiary/aromatic N) is 2. The van der Waals surface area contributed by atoms with Gasteiger partial charge >= 0.3 is 12.0 Å². The van der Waals surface area contributed by atoms with Crippen LogP contribution >= 0.6 is 0 Å². The number of carbonyl (C=O) groups excluding carboxylic acids is 1. The van der Waals surface area contributed by atoms with Crippen LogP contribution in [0.15, 0.2) is 42.6 Å². The Morgan fingerprint density at radius 2 is 2.00 bits per heavy atom. The van der Waals surface area contributed by atoms with E-state index in [1.54, 1.807) is 4.90 Å². The van der Waals surface area contributed by atoms with Crippen LogP contribution in [-0.2, 0) is 19.4 Å². The van der Waals surface area contributed by atoms with Gasteiger partial charge in [-0.05, 0) is 24.5 Å². The predicted octanol–water partition coefficient (Wildman–Crippen LogP) is 2.48. The lowest BCUT2D eigenvalue weighted by Gasteiger charge is -2.29. The first-order chi connectivity index (χ1) is 12.1. The molecule has 0 fully saturated rings. The van der Waals surface area contributed by atoms with E-state index >= 15 is 0 Å². The summed E-state index contributed by atoms with van der Waals surface area (Å²) in [5.74, 6) is -0.983. The molecule has 0 aliphatic carbocycles. The van der Waals surface area contributed by atoms with E-state index in [0.717, 1.165) is 18.5 Å². The van der Waals surface area contributed by atoms with Crippen LogP contribution in [0.2, 0.25) is 0 Å². The molecule has 0 unspecified atom stereocenters. The number of benzene rings is 1. The van der Waals surface area contributed by atoms with E-state index in [9.17, 15) is 14.7 Å². The number of hydrogen-bond acceptors (Lipinski definition) is 3. The number of nitrogens with one attached hydrogen (secondary N) is 1. The third-order valence-electron chi connectivity index (χ3n) is 4.39. The largest absolute Gasteiger partial charge is 0.478 e. The lowest BCUT2D eigenvalue weighted by molar-refractivity contribution is 0.0693. The number of hydrogen-bond donors (Lipinski definition) is 2. The molecule has 0 bridgehead atoms. The SMILES string of the molecule is O=C(O)c1ccnc2c1CN(C(=O)NCCCc1ccccc1)CC2.